The van der Waals surface area contributed by atoms with Gasteiger partial charge in [-0.2, -0.15) is 0 Å². The molecule has 72 valence electrons. The van der Waals surface area contributed by atoms with Crippen molar-refractivity contribution in [3.63, 3.8) is 0 Å². The number of hydrogen-bond acceptors (Lipinski definition) is 2. The summed E-state index contributed by atoms with van der Waals surface area (Å²) in [5.41, 5.74) is 5.79. The molecule has 0 radical (unpaired) electrons. The van der Waals surface area contributed by atoms with Crippen LogP contribution in [0, 0.1) is 5.92 Å². The summed E-state index contributed by atoms with van der Waals surface area (Å²) in [6.07, 6.45) is 3.33. The van der Waals surface area contributed by atoms with Crippen molar-refractivity contribution in [1.82, 2.24) is 0 Å². The van der Waals surface area contributed by atoms with Crippen LogP contribution in [0.5, 0.6) is 0 Å². The van der Waals surface area contributed by atoms with Crippen LogP contribution in [0.3, 0.4) is 0 Å². The summed E-state index contributed by atoms with van der Waals surface area (Å²) >= 11 is 0. The lowest BCUT2D eigenvalue weighted by atomic mass is 9.95. The molecule has 0 heterocycles. The van der Waals surface area contributed by atoms with Gasteiger partial charge in [0.1, 0.15) is 0 Å². The van der Waals surface area contributed by atoms with Crippen LogP contribution < -0.4 is 5.73 Å². The average Bonchev–Trinajstić information content (AvgIpc) is 1.98. The maximum Gasteiger partial charge on any atom is 0.303 e. The molecule has 0 rings (SSSR count). The average molecular weight is 173 g/mol. The fourth-order valence-corrected chi connectivity index (χ4v) is 1.15. The molecule has 2 unspecified atom stereocenters. The molecular weight excluding hydrogens is 154 g/mol. The van der Waals surface area contributed by atoms with E-state index in [2.05, 4.69) is 6.92 Å². The Balaban J connectivity index is 3.60. The number of aliphatic carboxylic acids is 1. The Hall–Kier alpha value is -0.570. The standard InChI is InChI=1S/C9H19NO2/c1-3-4-5-8(10)7(2)6-9(11)12/h7-8H,3-6,10H2,1-2H3,(H,11,12). The van der Waals surface area contributed by atoms with Crippen molar-refractivity contribution in [2.24, 2.45) is 11.7 Å². The predicted molar refractivity (Wildman–Crippen MR) is 48.9 cm³/mol. The molecule has 0 saturated heterocycles. The van der Waals surface area contributed by atoms with Crippen molar-refractivity contribution in [3.8, 4) is 0 Å². The first-order valence-corrected chi connectivity index (χ1v) is 4.55. The molecule has 12 heavy (non-hydrogen) atoms. The molecule has 0 aliphatic heterocycles. The molecule has 0 aromatic carbocycles. The first kappa shape index (κ1) is 11.4. The first-order chi connectivity index (χ1) is 5.57. The third-order valence-corrected chi connectivity index (χ3v) is 2.12. The van der Waals surface area contributed by atoms with Crippen LogP contribution >= 0.6 is 0 Å². The van der Waals surface area contributed by atoms with Crippen molar-refractivity contribution in [1.29, 1.82) is 0 Å². The third kappa shape index (κ3) is 5.13. The molecule has 0 amide bonds. The van der Waals surface area contributed by atoms with Crippen molar-refractivity contribution >= 4 is 5.97 Å². The minimum absolute atomic E-state index is 0.0426. The van der Waals surface area contributed by atoms with Crippen LogP contribution in [-0.4, -0.2) is 17.1 Å². The SMILES string of the molecule is CCCCC(N)C(C)CC(=O)O. The number of carboxylic acid groups (broad SMARTS) is 1. The minimum Gasteiger partial charge on any atom is -0.481 e. The van der Waals surface area contributed by atoms with Gasteiger partial charge in [-0.3, -0.25) is 4.79 Å². The van der Waals surface area contributed by atoms with Gasteiger partial charge < -0.3 is 10.8 Å². The zero-order chi connectivity index (χ0) is 9.56. The Kier molecular flexibility index (Phi) is 5.72. The summed E-state index contributed by atoms with van der Waals surface area (Å²) in [7, 11) is 0. The van der Waals surface area contributed by atoms with E-state index in [9.17, 15) is 4.79 Å². The number of carbonyl (C=O) groups is 1. The maximum absolute atomic E-state index is 10.3. The lowest BCUT2D eigenvalue weighted by Crippen LogP contribution is -2.29. The van der Waals surface area contributed by atoms with Gasteiger partial charge in [0.05, 0.1) is 0 Å². The quantitative estimate of drug-likeness (QED) is 0.641. The highest BCUT2D eigenvalue weighted by Crippen LogP contribution is 2.11. The Morgan fingerprint density at radius 2 is 2.17 bits per heavy atom. The third-order valence-electron chi connectivity index (χ3n) is 2.12. The molecule has 0 aliphatic carbocycles. The molecule has 2 atom stereocenters. The summed E-state index contributed by atoms with van der Waals surface area (Å²) in [6, 6.07) is 0.0426. The van der Waals surface area contributed by atoms with E-state index in [1.165, 1.54) is 0 Å². The van der Waals surface area contributed by atoms with Crippen molar-refractivity contribution < 1.29 is 9.90 Å². The zero-order valence-corrected chi connectivity index (χ0v) is 7.92. The Morgan fingerprint density at radius 1 is 1.58 bits per heavy atom. The largest absolute Gasteiger partial charge is 0.481 e. The van der Waals surface area contributed by atoms with Gasteiger partial charge in [-0.15, -0.1) is 0 Å². The van der Waals surface area contributed by atoms with E-state index < -0.39 is 5.97 Å². The van der Waals surface area contributed by atoms with Crippen LogP contribution in [0.15, 0.2) is 0 Å². The van der Waals surface area contributed by atoms with Crippen LogP contribution in [-0.2, 0) is 4.79 Å². The second-order valence-electron chi connectivity index (χ2n) is 3.38. The Labute approximate surface area is 74.0 Å². The summed E-state index contributed by atoms with van der Waals surface area (Å²) in [5, 5.41) is 8.50. The summed E-state index contributed by atoms with van der Waals surface area (Å²) in [4.78, 5) is 10.3. The fraction of sp³-hybridized carbons (Fsp3) is 0.889. The van der Waals surface area contributed by atoms with Crippen molar-refractivity contribution in [3.05, 3.63) is 0 Å². The van der Waals surface area contributed by atoms with Gasteiger partial charge in [0.15, 0.2) is 0 Å². The molecule has 0 aromatic rings. The van der Waals surface area contributed by atoms with Crippen LogP contribution in [0.4, 0.5) is 0 Å². The fourth-order valence-electron chi connectivity index (χ4n) is 1.15. The molecule has 0 bridgehead atoms. The van der Waals surface area contributed by atoms with E-state index in [-0.39, 0.29) is 18.4 Å². The molecular formula is C9H19NO2. The van der Waals surface area contributed by atoms with E-state index in [0.717, 1.165) is 19.3 Å². The van der Waals surface area contributed by atoms with Gasteiger partial charge in [0.25, 0.3) is 0 Å². The van der Waals surface area contributed by atoms with Crippen LogP contribution in [0.25, 0.3) is 0 Å². The lowest BCUT2D eigenvalue weighted by Gasteiger charge is -2.17. The Bertz CT molecular complexity index is 136. The predicted octanol–water partition coefficient (Wildman–Crippen LogP) is 1.61. The molecule has 0 fully saturated rings. The summed E-state index contributed by atoms with van der Waals surface area (Å²) in [5.74, 6) is -0.663. The number of rotatable bonds is 6. The normalized spacial score (nSPS) is 15.6. The summed E-state index contributed by atoms with van der Waals surface area (Å²) in [6.45, 7) is 4.00. The molecule has 3 N–H and O–H groups in total. The smallest absolute Gasteiger partial charge is 0.303 e. The highest BCUT2D eigenvalue weighted by Gasteiger charge is 2.14. The van der Waals surface area contributed by atoms with E-state index in [1.54, 1.807) is 0 Å². The second kappa shape index (κ2) is 6.00. The van der Waals surface area contributed by atoms with E-state index >= 15 is 0 Å². The molecule has 3 nitrogen and oxygen atoms in total. The summed E-state index contributed by atoms with van der Waals surface area (Å²) < 4.78 is 0. The molecule has 0 saturated carbocycles. The van der Waals surface area contributed by atoms with Crippen LogP contribution in [0.1, 0.15) is 39.5 Å². The van der Waals surface area contributed by atoms with Gasteiger partial charge in [-0.25, -0.2) is 0 Å². The highest BCUT2D eigenvalue weighted by atomic mass is 16.4. The molecule has 0 aromatic heterocycles. The molecule has 0 spiro atoms. The molecule has 3 heteroatoms. The topological polar surface area (TPSA) is 63.3 Å². The number of unbranched alkanes of at least 4 members (excludes halogenated alkanes) is 1. The first-order valence-electron chi connectivity index (χ1n) is 4.55. The van der Waals surface area contributed by atoms with Gasteiger partial charge >= 0.3 is 5.97 Å². The Morgan fingerprint density at radius 3 is 2.58 bits per heavy atom. The van der Waals surface area contributed by atoms with E-state index in [0.29, 0.717) is 0 Å². The van der Waals surface area contributed by atoms with Crippen LogP contribution in [0.2, 0.25) is 0 Å². The molecule has 0 aliphatic rings. The van der Waals surface area contributed by atoms with E-state index in [1.807, 2.05) is 6.92 Å². The van der Waals surface area contributed by atoms with Gasteiger partial charge in [0.2, 0.25) is 0 Å². The lowest BCUT2D eigenvalue weighted by molar-refractivity contribution is -0.138. The zero-order valence-electron chi connectivity index (χ0n) is 7.92. The van der Waals surface area contributed by atoms with Gasteiger partial charge in [-0.05, 0) is 12.3 Å². The second-order valence-corrected chi connectivity index (χ2v) is 3.38. The number of hydrogen-bond donors (Lipinski definition) is 2. The van der Waals surface area contributed by atoms with Gasteiger partial charge in [0, 0.05) is 12.5 Å². The minimum atomic E-state index is -0.755. The highest BCUT2D eigenvalue weighted by molar-refractivity contribution is 5.67. The van der Waals surface area contributed by atoms with Crippen molar-refractivity contribution in [2.45, 2.75) is 45.6 Å². The van der Waals surface area contributed by atoms with E-state index in [4.69, 9.17) is 10.8 Å². The number of nitrogens with two attached hydrogens (primary N) is 1. The van der Waals surface area contributed by atoms with Gasteiger partial charge in [-0.1, -0.05) is 26.7 Å². The monoisotopic (exact) mass is 173 g/mol. The van der Waals surface area contributed by atoms with Crippen molar-refractivity contribution in [2.75, 3.05) is 0 Å². The number of carboxylic acids is 1. The maximum atomic E-state index is 10.3.